The number of aromatic nitrogens is 1. The van der Waals surface area contributed by atoms with Crippen LogP contribution in [0.1, 0.15) is 38.2 Å². The van der Waals surface area contributed by atoms with Crippen molar-refractivity contribution in [3.8, 4) is 0 Å². The SMILES string of the molecule is CCNC(=NCc1ccnc(N(C)C)c1)NC1CCCC1. The van der Waals surface area contributed by atoms with Crippen LogP contribution in [0.4, 0.5) is 5.82 Å². The number of pyridine rings is 1. The second kappa shape index (κ2) is 7.86. The van der Waals surface area contributed by atoms with E-state index in [9.17, 15) is 0 Å². The maximum atomic E-state index is 4.70. The number of aliphatic imine (C=N–C) groups is 1. The third kappa shape index (κ3) is 4.92. The quantitative estimate of drug-likeness (QED) is 0.644. The van der Waals surface area contributed by atoms with Crippen LogP contribution < -0.4 is 15.5 Å². The van der Waals surface area contributed by atoms with Gasteiger partial charge in [-0.25, -0.2) is 9.98 Å². The Labute approximate surface area is 127 Å². The number of guanidine groups is 1. The molecule has 0 bridgehead atoms. The Morgan fingerprint density at radius 2 is 2.14 bits per heavy atom. The number of hydrogen-bond donors (Lipinski definition) is 2. The predicted molar refractivity (Wildman–Crippen MR) is 88.8 cm³/mol. The second-order valence-corrected chi connectivity index (χ2v) is 5.74. The van der Waals surface area contributed by atoms with Crippen molar-refractivity contribution in [3.05, 3.63) is 23.9 Å². The smallest absolute Gasteiger partial charge is 0.191 e. The minimum absolute atomic E-state index is 0.581. The Balaban J connectivity index is 1.99. The topological polar surface area (TPSA) is 52.6 Å². The van der Waals surface area contributed by atoms with E-state index >= 15 is 0 Å². The summed E-state index contributed by atoms with van der Waals surface area (Å²) >= 11 is 0. The first-order chi connectivity index (χ1) is 10.2. The van der Waals surface area contributed by atoms with E-state index in [0.29, 0.717) is 12.6 Å². The van der Waals surface area contributed by atoms with Crippen LogP contribution in [0.15, 0.2) is 23.3 Å². The first kappa shape index (κ1) is 15.6. The van der Waals surface area contributed by atoms with Crippen LogP contribution in [0, 0.1) is 0 Å². The fourth-order valence-corrected chi connectivity index (χ4v) is 2.56. The van der Waals surface area contributed by atoms with Gasteiger partial charge in [0.15, 0.2) is 5.96 Å². The summed E-state index contributed by atoms with van der Waals surface area (Å²) in [6.45, 7) is 3.66. The number of rotatable bonds is 5. The van der Waals surface area contributed by atoms with Crippen molar-refractivity contribution in [1.29, 1.82) is 0 Å². The van der Waals surface area contributed by atoms with Gasteiger partial charge >= 0.3 is 0 Å². The molecule has 0 atom stereocenters. The maximum absolute atomic E-state index is 4.70. The summed E-state index contributed by atoms with van der Waals surface area (Å²) in [5, 5.41) is 6.87. The second-order valence-electron chi connectivity index (χ2n) is 5.74. The van der Waals surface area contributed by atoms with Gasteiger partial charge in [0, 0.05) is 32.9 Å². The first-order valence-electron chi connectivity index (χ1n) is 7.86. The Kier molecular flexibility index (Phi) is 5.84. The number of nitrogens with zero attached hydrogens (tertiary/aromatic N) is 3. The lowest BCUT2D eigenvalue weighted by Gasteiger charge is -2.17. The zero-order chi connectivity index (χ0) is 15.1. The van der Waals surface area contributed by atoms with Crippen molar-refractivity contribution in [2.45, 2.75) is 45.2 Å². The molecule has 0 radical (unpaired) electrons. The summed E-state index contributed by atoms with van der Waals surface area (Å²) in [5.74, 6) is 1.89. The predicted octanol–water partition coefficient (Wildman–Crippen LogP) is 2.15. The van der Waals surface area contributed by atoms with E-state index < -0.39 is 0 Å². The van der Waals surface area contributed by atoms with E-state index in [0.717, 1.165) is 18.3 Å². The Morgan fingerprint density at radius 1 is 1.38 bits per heavy atom. The maximum Gasteiger partial charge on any atom is 0.191 e. The van der Waals surface area contributed by atoms with Gasteiger partial charge in [-0.05, 0) is 37.5 Å². The standard InChI is InChI=1S/C16H27N5/c1-4-17-16(20-14-7-5-6-8-14)19-12-13-9-10-18-15(11-13)21(2)3/h9-11,14H,4-8,12H2,1-3H3,(H2,17,19,20). The molecule has 0 spiro atoms. The van der Waals surface area contributed by atoms with E-state index in [1.807, 2.05) is 31.3 Å². The van der Waals surface area contributed by atoms with Gasteiger partial charge < -0.3 is 15.5 Å². The van der Waals surface area contributed by atoms with Gasteiger partial charge in [0.25, 0.3) is 0 Å². The molecule has 2 N–H and O–H groups in total. The zero-order valence-electron chi connectivity index (χ0n) is 13.4. The van der Waals surface area contributed by atoms with Gasteiger partial charge in [0.2, 0.25) is 0 Å². The molecule has 5 nitrogen and oxygen atoms in total. The number of anilines is 1. The molecule has 5 heteroatoms. The molecule has 21 heavy (non-hydrogen) atoms. The molecule has 1 aliphatic carbocycles. The van der Waals surface area contributed by atoms with E-state index in [4.69, 9.17) is 4.99 Å². The average molecular weight is 289 g/mol. The summed E-state index contributed by atoms with van der Waals surface area (Å²) in [5.41, 5.74) is 1.18. The van der Waals surface area contributed by atoms with E-state index in [2.05, 4.69) is 28.6 Å². The van der Waals surface area contributed by atoms with Gasteiger partial charge in [-0.1, -0.05) is 12.8 Å². The fourth-order valence-electron chi connectivity index (χ4n) is 2.56. The van der Waals surface area contributed by atoms with E-state index in [1.165, 1.54) is 31.2 Å². The highest BCUT2D eigenvalue weighted by molar-refractivity contribution is 5.80. The number of hydrogen-bond acceptors (Lipinski definition) is 3. The highest BCUT2D eigenvalue weighted by atomic mass is 15.2. The van der Waals surface area contributed by atoms with Crippen molar-refractivity contribution in [2.75, 3.05) is 25.5 Å². The molecular formula is C16H27N5. The molecule has 0 aromatic carbocycles. The van der Waals surface area contributed by atoms with Crippen LogP contribution in [-0.4, -0.2) is 37.6 Å². The van der Waals surface area contributed by atoms with Crippen molar-refractivity contribution >= 4 is 11.8 Å². The van der Waals surface area contributed by atoms with E-state index in [-0.39, 0.29) is 0 Å². The van der Waals surface area contributed by atoms with Crippen LogP contribution >= 0.6 is 0 Å². The molecule has 0 aliphatic heterocycles. The molecule has 1 aromatic rings. The van der Waals surface area contributed by atoms with Gasteiger partial charge in [0.05, 0.1) is 6.54 Å². The summed E-state index contributed by atoms with van der Waals surface area (Å²) in [6, 6.07) is 4.69. The molecule has 1 saturated carbocycles. The lowest BCUT2D eigenvalue weighted by Crippen LogP contribution is -2.42. The van der Waals surface area contributed by atoms with Crippen LogP contribution in [0.25, 0.3) is 0 Å². The molecule has 0 unspecified atom stereocenters. The minimum Gasteiger partial charge on any atom is -0.363 e. The fraction of sp³-hybridized carbons (Fsp3) is 0.625. The van der Waals surface area contributed by atoms with Crippen LogP contribution in [0.3, 0.4) is 0 Å². The molecule has 0 amide bonds. The molecule has 1 fully saturated rings. The summed E-state index contributed by atoms with van der Waals surface area (Å²) < 4.78 is 0. The summed E-state index contributed by atoms with van der Waals surface area (Å²) in [7, 11) is 4.00. The first-order valence-corrected chi connectivity index (χ1v) is 7.86. The highest BCUT2D eigenvalue weighted by Gasteiger charge is 2.15. The van der Waals surface area contributed by atoms with Crippen molar-refractivity contribution in [1.82, 2.24) is 15.6 Å². The average Bonchev–Trinajstić information content (AvgIpc) is 2.98. The van der Waals surface area contributed by atoms with Gasteiger partial charge in [-0.3, -0.25) is 0 Å². The highest BCUT2D eigenvalue weighted by Crippen LogP contribution is 2.17. The zero-order valence-corrected chi connectivity index (χ0v) is 13.4. The number of nitrogens with one attached hydrogen (secondary N) is 2. The van der Waals surface area contributed by atoms with Crippen LogP contribution in [0.5, 0.6) is 0 Å². The molecule has 2 rings (SSSR count). The Hall–Kier alpha value is -1.78. The van der Waals surface area contributed by atoms with E-state index in [1.54, 1.807) is 0 Å². The minimum atomic E-state index is 0.581. The molecule has 1 aromatic heterocycles. The molecule has 0 saturated heterocycles. The largest absolute Gasteiger partial charge is 0.363 e. The van der Waals surface area contributed by atoms with Crippen LogP contribution in [0.2, 0.25) is 0 Å². The molecular weight excluding hydrogens is 262 g/mol. The summed E-state index contributed by atoms with van der Waals surface area (Å²) in [4.78, 5) is 11.0. The van der Waals surface area contributed by atoms with Crippen molar-refractivity contribution in [3.63, 3.8) is 0 Å². The normalized spacial score (nSPS) is 16.0. The lowest BCUT2D eigenvalue weighted by atomic mass is 10.2. The monoisotopic (exact) mass is 289 g/mol. The van der Waals surface area contributed by atoms with Gasteiger partial charge in [-0.2, -0.15) is 0 Å². The third-order valence-corrected chi connectivity index (χ3v) is 3.73. The third-order valence-electron chi connectivity index (χ3n) is 3.73. The lowest BCUT2D eigenvalue weighted by molar-refractivity contribution is 0.614. The van der Waals surface area contributed by atoms with Gasteiger partial charge in [-0.15, -0.1) is 0 Å². The Bertz CT molecular complexity index is 463. The van der Waals surface area contributed by atoms with Crippen molar-refractivity contribution < 1.29 is 0 Å². The van der Waals surface area contributed by atoms with Gasteiger partial charge in [0.1, 0.15) is 5.82 Å². The van der Waals surface area contributed by atoms with Crippen LogP contribution in [-0.2, 0) is 6.54 Å². The molecule has 116 valence electrons. The Morgan fingerprint density at radius 3 is 2.81 bits per heavy atom. The van der Waals surface area contributed by atoms with Crippen molar-refractivity contribution in [2.24, 2.45) is 4.99 Å². The molecule has 1 heterocycles. The molecule has 1 aliphatic rings. The summed E-state index contributed by atoms with van der Waals surface area (Å²) in [6.07, 6.45) is 7.01.